The van der Waals surface area contributed by atoms with E-state index in [9.17, 15) is 4.79 Å². The van der Waals surface area contributed by atoms with E-state index in [-0.39, 0.29) is 11.4 Å². The van der Waals surface area contributed by atoms with E-state index in [0.29, 0.717) is 13.1 Å². The number of carbonyl (C=O) groups excluding carboxylic acids is 1. The van der Waals surface area contributed by atoms with E-state index in [1.54, 1.807) is 6.08 Å². The quantitative estimate of drug-likeness (QED) is 0.512. The summed E-state index contributed by atoms with van der Waals surface area (Å²) in [6.07, 6.45) is 6.44. The van der Waals surface area contributed by atoms with Crippen molar-refractivity contribution in [1.82, 2.24) is 10.6 Å². The second-order valence-corrected chi connectivity index (χ2v) is 4.24. The molecule has 0 aromatic carbocycles. The van der Waals surface area contributed by atoms with Crippen LogP contribution in [0.4, 0.5) is 0 Å². The van der Waals surface area contributed by atoms with Gasteiger partial charge in [0.15, 0.2) is 0 Å². The van der Waals surface area contributed by atoms with Gasteiger partial charge in [-0.25, -0.2) is 0 Å². The van der Waals surface area contributed by atoms with E-state index in [1.807, 2.05) is 0 Å². The van der Waals surface area contributed by atoms with Crippen molar-refractivity contribution in [2.45, 2.75) is 38.1 Å². The highest BCUT2D eigenvalue weighted by molar-refractivity contribution is 5.78. The van der Waals surface area contributed by atoms with Gasteiger partial charge in [-0.15, -0.1) is 6.58 Å². The van der Waals surface area contributed by atoms with Crippen LogP contribution in [0.1, 0.15) is 32.6 Å². The molecular weight excluding hydrogens is 176 g/mol. The van der Waals surface area contributed by atoms with Gasteiger partial charge in [-0.3, -0.25) is 4.79 Å². The molecule has 0 radical (unpaired) electrons. The molecule has 0 atom stereocenters. The van der Waals surface area contributed by atoms with Gasteiger partial charge in [0, 0.05) is 12.1 Å². The van der Waals surface area contributed by atoms with Gasteiger partial charge >= 0.3 is 0 Å². The summed E-state index contributed by atoms with van der Waals surface area (Å²) >= 11 is 0. The monoisotopic (exact) mass is 196 g/mol. The smallest absolute Gasteiger partial charge is 0.234 e. The lowest BCUT2D eigenvalue weighted by molar-refractivity contribution is -0.121. The lowest BCUT2D eigenvalue weighted by Crippen LogP contribution is -2.47. The maximum Gasteiger partial charge on any atom is 0.234 e. The van der Waals surface area contributed by atoms with Crippen molar-refractivity contribution >= 4 is 5.91 Å². The Morgan fingerprint density at radius 3 is 2.71 bits per heavy atom. The minimum Gasteiger partial charge on any atom is -0.350 e. The van der Waals surface area contributed by atoms with E-state index in [2.05, 4.69) is 24.1 Å². The molecule has 1 amide bonds. The van der Waals surface area contributed by atoms with Crippen LogP contribution in [0.15, 0.2) is 12.7 Å². The maximum atomic E-state index is 11.5. The summed E-state index contributed by atoms with van der Waals surface area (Å²) in [4.78, 5) is 11.5. The number of carbonyl (C=O) groups is 1. The first-order valence-electron chi connectivity index (χ1n) is 5.29. The Labute approximate surface area is 86.0 Å². The third-order valence-electron chi connectivity index (χ3n) is 2.72. The van der Waals surface area contributed by atoms with Crippen LogP contribution < -0.4 is 10.6 Å². The zero-order chi connectivity index (χ0) is 10.4. The third kappa shape index (κ3) is 3.50. The summed E-state index contributed by atoms with van der Waals surface area (Å²) in [7, 11) is 0. The molecule has 0 spiro atoms. The Morgan fingerprint density at radius 2 is 2.14 bits per heavy atom. The number of nitrogens with one attached hydrogen (secondary N) is 2. The van der Waals surface area contributed by atoms with E-state index >= 15 is 0 Å². The van der Waals surface area contributed by atoms with Crippen molar-refractivity contribution in [3.05, 3.63) is 12.7 Å². The molecule has 1 aliphatic carbocycles. The van der Waals surface area contributed by atoms with Crippen molar-refractivity contribution in [3.63, 3.8) is 0 Å². The lowest BCUT2D eigenvalue weighted by Gasteiger charge is -2.25. The van der Waals surface area contributed by atoms with Crippen LogP contribution in [-0.2, 0) is 4.79 Å². The van der Waals surface area contributed by atoms with Crippen molar-refractivity contribution in [1.29, 1.82) is 0 Å². The summed E-state index contributed by atoms with van der Waals surface area (Å²) in [5, 5.41) is 6.07. The van der Waals surface area contributed by atoms with Crippen LogP contribution in [0, 0.1) is 0 Å². The Morgan fingerprint density at radius 1 is 1.50 bits per heavy atom. The molecule has 3 nitrogen and oxygen atoms in total. The fourth-order valence-corrected chi connectivity index (χ4v) is 1.95. The average Bonchev–Trinajstić information content (AvgIpc) is 2.52. The highest BCUT2D eigenvalue weighted by Crippen LogP contribution is 2.28. The molecule has 14 heavy (non-hydrogen) atoms. The van der Waals surface area contributed by atoms with E-state index in [1.165, 1.54) is 12.8 Å². The minimum absolute atomic E-state index is 0.0486. The molecule has 1 aliphatic rings. The van der Waals surface area contributed by atoms with Crippen LogP contribution in [-0.4, -0.2) is 24.5 Å². The van der Waals surface area contributed by atoms with Crippen molar-refractivity contribution in [3.8, 4) is 0 Å². The van der Waals surface area contributed by atoms with Gasteiger partial charge < -0.3 is 10.6 Å². The van der Waals surface area contributed by atoms with Crippen LogP contribution in [0.2, 0.25) is 0 Å². The second-order valence-electron chi connectivity index (χ2n) is 4.24. The van der Waals surface area contributed by atoms with Crippen molar-refractivity contribution in [2.24, 2.45) is 0 Å². The first kappa shape index (κ1) is 11.2. The molecule has 0 aliphatic heterocycles. The first-order valence-corrected chi connectivity index (χ1v) is 5.29. The molecule has 80 valence electrons. The number of hydrogen-bond acceptors (Lipinski definition) is 2. The van der Waals surface area contributed by atoms with Gasteiger partial charge in [0.25, 0.3) is 0 Å². The van der Waals surface area contributed by atoms with Gasteiger partial charge in [0.2, 0.25) is 5.91 Å². The van der Waals surface area contributed by atoms with E-state index in [0.717, 1.165) is 12.8 Å². The normalized spacial score (nSPS) is 19.2. The predicted octanol–water partition coefficient (Wildman–Crippen LogP) is 1.21. The molecule has 1 rings (SSSR count). The first-order chi connectivity index (χ1) is 6.66. The van der Waals surface area contributed by atoms with Gasteiger partial charge in [-0.1, -0.05) is 18.9 Å². The average molecular weight is 196 g/mol. The highest BCUT2D eigenvalue weighted by atomic mass is 16.2. The molecule has 0 saturated heterocycles. The molecule has 0 bridgehead atoms. The molecule has 1 saturated carbocycles. The predicted molar refractivity (Wildman–Crippen MR) is 58.1 cm³/mol. The van der Waals surface area contributed by atoms with Gasteiger partial charge in [0.1, 0.15) is 0 Å². The topological polar surface area (TPSA) is 41.1 Å². The van der Waals surface area contributed by atoms with E-state index < -0.39 is 0 Å². The molecule has 2 N–H and O–H groups in total. The highest BCUT2D eigenvalue weighted by Gasteiger charge is 2.29. The number of rotatable bonds is 5. The molecule has 0 heterocycles. The summed E-state index contributed by atoms with van der Waals surface area (Å²) in [6, 6.07) is 0. The zero-order valence-corrected chi connectivity index (χ0v) is 8.94. The Balaban J connectivity index is 2.22. The summed E-state index contributed by atoms with van der Waals surface area (Å²) < 4.78 is 0. The summed E-state index contributed by atoms with van der Waals surface area (Å²) in [6.45, 7) is 6.79. The summed E-state index contributed by atoms with van der Waals surface area (Å²) in [5.74, 6) is 0.0938. The van der Waals surface area contributed by atoms with Gasteiger partial charge in [0.05, 0.1) is 6.54 Å². The van der Waals surface area contributed by atoms with Crippen LogP contribution in [0.3, 0.4) is 0 Å². The molecule has 0 unspecified atom stereocenters. The maximum absolute atomic E-state index is 11.5. The standard InChI is InChI=1S/C11H20N2O/c1-3-8-12-9-10(14)13-11(2)6-4-5-7-11/h3,12H,1,4-9H2,2H3,(H,13,14). The number of amides is 1. The van der Waals surface area contributed by atoms with Crippen molar-refractivity contribution in [2.75, 3.05) is 13.1 Å². The third-order valence-corrected chi connectivity index (χ3v) is 2.72. The Kier molecular flexibility index (Phi) is 4.14. The minimum atomic E-state index is 0.0486. The fourth-order valence-electron chi connectivity index (χ4n) is 1.95. The Hall–Kier alpha value is -0.830. The van der Waals surface area contributed by atoms with Crippen LogP contribution in [0.5, 0.6) is 0 Å². The lowest BCUT2D eigenvalue weighted by atomic mass is 10.0. The molecule has 1 fully saturated rings. The largest absolute Gasteiger partial charge is 0.350 e. The van der Waals surface area contributed by atoms with E-state index in [4.69, 9.17) is 0 Å². The molecule has 0 aromatic rings. The van der Waals surface area contributed by atoms with Crippen molar-refractivity contribution < 1.29 is 4.79 Å². The van der Waals surface area contributed by atoms with Gasteiger partial charge in [-0.2, -0.15) is 0 Å². The SMILES string of the molecule is C=CCNCC(=O)NC1(C)CCCC1. The zero-order valence-electron chi connectivity index (χ0n) is 8.94. The number of hydrogen-bond donors (Lipinski definition) is 2. The van der Waals surface area contributed by atoms with Crippen LogP contribution in [0.25, 0.3) is 0 Å². The molecule has 0 aromatic heterocycles. The Bertz CT molecular complexity index is 207. The van der Waals surface area contributed by atoms with Gasteiger partial charge in [-0.05, 0) is 19.8 Å². The summed E-state index contributed by atoms with van der Waals surface area (Å²) in [5.41, 5.74) is 0.0486. The second kappa shape index (κ2) is 5.15. The molecule has 3 heteroatoms. The van der Waals surface area contributed by atoms with Crippen LogP contribution >= 0.6 is 0 Å². The molecular formula is C11H20N2O. The fraction of sp³-hybridized carbons (Fsp3) is 0.727.